The van der Waals surface area contributed by atoms with Crippen LogP contribution in [0.2, 0.25) is 5.02 Å². The molecule has 1 aliphatic rings. The highest BCUT2D eigenvalue weighted by Crippen LogP contribution is 2.25. The summed E-state index contributed by atoms with van der Waals surface area (Å²) in [6, 6.07) is 10.6. The van der Waals surface area contributed by atoms with Crippen LogP contribution in [0.15, 0.2) is 42.5 Å². The van der Waals surface area contributed by atoms with Gasteiger partial charge in [-0.15, -0.1) is 0 Å². The van der Waals surface area contributed by atoms with Crippen molar-refractivity contribution in [3.8, 4) is 0 Å². The lowest BCUT2D eigenvalue weighted by atomic mass is 10.2. The fourth-order valence-electron chi connectivity index (χ4n) is 2.83. The van der Waals surface area contributed by atoms with Crippen molar-refractivity contribution < 1.29 is 14.0 Å². The number of rotatable bonds is 5. The van der Waals surface area contributed by atoms with Crippen molar-refractivity contribution in [3.05, 3.63) is 53.3 Å². The zero-order valence-corrected chi connectivity index (χ0v) is 15.0. The molecule has 136 valence electrons. The molecule has 2 N–H and O–H groups in total. The maximum atomic E-state index is 13.1. The maximum Gasteiger partial charge on any atom is 0.246 e. The molecule has 0 bridgehead atoms. The van der Waals surface area contributed by atoms with Gasteiger partial charge in [0, 0.05) is 24.3 Å². The summed E-state index contributed by atoms with van der Waals surface area (Å²) in [5.74, 6) is -0.660. The molecule has 0 saturated carbocycles. The number of anilines is 3. The number of halogens is 2. The van der Waals surface area contributed by atoms with E-state index in [9.17, 15) is 14.0 Å². The van der Waals surface area contributed by atoms with Crippen LogP contribution in [0.5, 0.6) is 0 Å². The molecule has 1 atom stereocenters. The Bertz CT molecular complexity index is 843. The lowest BCUT2D eigenvalue weighted by Crippen LogP contribution is -2.32. The van der Waals surface area contributed by atoms with Gasteiger partial charge in [-0.05, 0) is 49.7 Å². The number of benzene rings is 2. The van der Waals surface area contributed by atoms with E-state index in [1.165, 1.54) is 12.1 Å². The molecule has 5 nitrogen and oxygen atoms in total. The van der Waals surface area contributed by atoms with Gasteiger partial charge in [-0.1, -0.05) is 17.7 Å². The van der Waals surface area contributed by atoms with Crippen molar-refractivity contribution in [3.63, 3.8) is 0 Å². The smallest absolute Gasteiger partial charge is 0.246 e. The first-order valence-corrected chi connectivity index (χ1v) is 8.75. The first kappa shape index (κ1) is 18.2. The molecule has 1 fully saturated rings. The standard InChI is InChI=1S/C19H19ClFN3O2/c1-12(19(26)23-17-8-7-13(21)10-16(17)20)22-14-4-2-5-15(11-14)24-9-3-6-18(24)25/h2,4-5,7-8,10-12,22H,3,6,9H2,1H3,(H,23,26). The minimum Gasteiger partial charge on any atom is -0.374 e. The highest BCUT2D eigenvalue weighted by atomic mass is 35.5. The molecular weight excluding hydrogens is 357 g/mol. The first-order chi connectivity index (χ1) is 12.4. The number of amides is 2. The van der Waals surface area contributed by atoms with E-state index in [-0.39, 0.29) is 16.8 Å². The summed E-state index contributed by atoms with van der Waals surface area (Å²) in [5, 5.41) is 5.91. The van der Waals surface area contributed by atoms with Crippen LogP contribution in [0, 0.1) is 5.82 Å². The highest BCUT2D eigenvalue weighted by molar-refractivity contribution is 6.33. The fourth-order valence-corrected chi connectivity index (χ4v) is 3.05. The Morgan fingerprint density at radius 3 is 2.77 bits per heavy atom. The number of carbonyl (C=O) groups is 2. The molecule has 2 aromatic rings. The molecule has 2 amide bonds. The van der Waals surface area contributed by atoms with Gasteiger partial charge in [-0.25, -0.2) is 4.39 Å². The minimum atomic E-state index is -0.555. The summed E-state index contributed by atoms with van der Waals surface area (Å²) in [4.78, 5) is 26.0. The van der Waals surface area contributed by atoms with Gasteiger partial charge in [0.1, 0.15) is 11.9 Å². The van der Waals surface area contributed by atoms with E-state index in [0.717, 1.165) is 23.9 Å². The summed E-state index contributed by atoms with van der Waals surface area (Å²) in [5.41, 5.74) is 1.89. The Balaban J connectivity index is 1.66. The van der Waals surface area contributed by atoms with Crippen LogP contribution < -0.4 is 15.5 Å². The molecule has 1 saturated heterocycles. The van der Waals surface area contributed by atoms with Crippen LogP contribution in [-0.2, 0) is 9.59 Å². The SMILES string of the molecule is CC(Nc1cccc(N2CCCC2=O)c1)C(=O)Nc1ccc(F)cc1Cl. The maximum absolute atomic E-state index is 13.1. The molecule has 0 spiro atoms. The number of carbonyl (C=O) groups excluding carboxylic acids is 2. The largest absolute Gasteiger partial charge is 0.374 e. The van der Waals surface area contributed by atoms with E-state index in [4.69, 9.17) is 11.6 Å². The normalized spacial score (nSPS) is 15.0. The van der Waals surface area contributed by atoms with Gasteiger partial charge in [0.2, 0.25) is 11.8 Å². The number of nitrogens with one attached hydrogen (secondary N) is 2. The third-order valence-electron chi connectivity index (χ3n) is 4.20. The van der Waals surface area contributed by atoms with E-state index in [2.05, 4.69) is 10.6 Å². The van der Waals surface area contributed by atoms with E-state index < -0.39 is 11.9 Å². The van der Waals surface area contributed by atoms with Crippen molar-refractivity contribution >= 4 is 40.5 Å². The van der Waals surface area contributed by atoms with Gasteiger partial charge in [-0.2, -0.15) is 0 Å². The topological polar surface area (TPSA) is 61.4 Å². The lowest BCUT2D eigenvalue weighted by Gasteiger charge is -2.19. The molecule has 0 aliphatic carbocycles. The monoisotopic (exact) mass is 375 g/mol. The predicted octanol–water partition coefficient (Wildman–Crippen LogP) is 4.05. The van der Waals surface area contributed by atoms with Crippen molar-refractivity contribution in [1.29, 1.82) is 0 Å². The Labute approximate surface area is 156 Å². The highest BCUT2D eigenvalue weighted by Gasteiger charge is 2.22. The Morgan fingerprint density at radius 2 is 2.08 bits per heavy atom. The first-order valence-electron chi connectivity index (χ1n) is 8.37. The van der Waals surface area contributed by atoms with Crippen LogP contribution >= 0.6 is 11.6 Å². The van der Waals surface area contributed by atoms with Crippen LogP contribution in [-0.4, -0.2) is 24.4 Å². The average molecular weight is 376 g/mol. The second-order valence-electron chi connectivity index (χ2n) is 6.18. The van der Waals surface area contributed by atoms with Gasteiger partial charge in [0.25, 0.3) is 0 Å². The van der Waals surface area contributed by atoms with Crippen molar-refractivity contribution in [2.75, 3.05) is 22.1 Å². The number of hydrogen-bond acceptors (Lipinski definition) is 3. The zero-order valence-electron chi connectivity index (χ0n) is 14.3. The van der Waals surface area contributed by atoms with Gasteiger partial charge >= 0.3 is 0 Å². The molecule has 26 heavy (non-hydrogen) atoms. The molecule has 1 aliphatic heterocycles. The van der Waals surface area contributed by atoms with Gasteiger partial charge in [0.15, 0.2) is 0 Å². The third kappa shape index (κ3) is 4.14. The van der Waals surface area contributed by atoms with Crippen LogP contribution in [0.4, 0.5) is 21.5 Å². The second kappa shape index (κ2) is 7.74. The summed E-state index contributed by atoms with van der Waals surface area (Å²) >= 11 is 5.93. The molecule has 7 heteroatoms. The summed E-state index contributed by atoms with van der Waals surface area (Å²) in [6.07, 6.45) is 1.42. The Hall–Kier alpha value is -2.60. The average Bonchev–Trinajstić information content (AvgIpc) is 3.03. The van der Waals surface area contributed by atoms with Gasteiger partial charge in [-0.3, -0.25) is 9.59 Å². The van der Waals surface area contributed by atoms with Gasteiger partial charge < -0.3 is 15.5 Å². The Kier molecular flexibility index (Phi) is 5.42. The third-order valence-corrected chi connectivity index (χ3v) is 4.51. The van der Waals surface area contributed by atoms with Crippen molar-refractivity contribution in [2.24, 2.45) is 0 Å². The van der Waals surface area contributed by atoms with Crippen LogP contribution in [0.25, 0.3) is 0 Å². The minimum absolute atomic E-state index is 0.110. The molecule has 1 unspecified atom stereocenters. The quantitative estimate of drug-likeness (QED) is 0.828. The van der Waals surface area contributed by atoms with E-state index in [1.54, 1.807) is 11.8 Å². The molecule has 1 heterocycles. The summed E-state index contributed by atoms with van der Waals surface area (Å²) in [6.45, 7) is 2.42. The molecular formula is C19H19ClFN3O2. The lowest BCUT2D eigenvalue weighted by molar-refractivity contribution is -0.117. The molecule has 3 rings (SSSR count). The second-order valence-corrected chi connectivity index (χ2v) is 6.59. The number of nitrogens with zero attached hydrogens (tertiary/aromatic N) is 1. The van der Waals surface area contributed by atoms with Crippen molar-refractivity contribution in [2.45, 2.75) is 25.8 Å². The molecule has 0 radical (unpaired) electrons. The van der Waals surface area contributed by atoms with E-state index in [1.807, 2.05) is 24.3 Å². The van der Waals surface area contributed by atoms with Gasteiger partial charge in [0.05, 0.1) is 10.7 Å². The molecule has 0 aromatic heterocycles. The summed E-state index contributed by atoms with van der Waals surface area (Å²) < 4.78 is 13.1. The van der Waals surface area contributed by atoms with Crippen LogP contribution in [0.1, 0.15) is 19.8 Å². The Morgan fingerprint density at radius 1 is 1.27 bits per heavy atom. The molecule has 2 aromatic carbocycles. The zero-order chi connectivity index (χ0) is 18.7. The van der Waals surface area contributed by atoms with Crippen LogP contribution in [0.3, 0.4) is 0 Å². The fraction of sp³-hybridized carbons (Fsp3) is 0.263. The van der Waals surface area contributed by atoms with E-state index in [0.29, 0.717) is 18.7 Å². The van der Waals surface area contributed by atoms with E-state index >= 15 is 0 Å². The van der Waals surface area contributed by atoms with Crippen molar-refractivity contribution in [1.82, 2.24) is 0 Å². The summed E-state index contributed by atoms with van der Waals surface area (Å²) in [7, 11) is 0. The predicted molar refractivity (Wildman–Crippen MR) is 101 cm³/mol. The number of hydrogen-bond donors (Lipinski definition) is 2.